The van der Waals surface area contributed by atoms with Crippen LogP contribution in [-0.4, -0.2) is 28.0 Å². The van der Waals surface area contributed by atoms with E-state index in [1.165, 1.54) is 6.07 Å². The number of carbonyl (C=O) groups excluding carboxylic acids is 1. The van der Waals surface area contributed by atoms with Gasteiger partial charge in [-0.25, -0.2) is 0 Å². The molecule has 0 bridgehead atoms. The maximum Gasteiger partial charge on any atom is 0.310 e. The van der Waals surface area contributed by atoms with Gasteiger partial charge in [-0.15, -0.1) is 12.4 Å². The molecule has 8 heteroatoms. The Morgan fingerprint density at radius 3 is 2.52 bits per heavy atom. The lowest BCUT2D eigenvalue weighted by atomic mass is 9.97. The third-order valence-electron chi connectivity index (χ3n) is 3.76. The van der Waals surface area contributed by atoms with Gasteiger partial charge < -0.3 is 16.2 Å². The van der Waals surface area contributed by atoms with Crippen molar-refractivity contribution in [2.24, 2.45) is 5.73 Å². The predicted molar refractivity (Wildman–Crippen MR) is 79.7 cm³/mol. The van der Waals surface area contributed by atoms with Crippen LogP contribution in [0, 0.1) is 10.1 Å². The van der Waals surface area contributed by atoms with Crippen molar-refractivity contribution in [2.75, 3.05) is 6.54 Å². The van der Waals surface area contributed by atoms with Gasteiger partial charge in [-0.3, -0.25) is 14.9 Å². The first kappa shape index (κ1) is 17.2. The molecule has 0 spiro atoms. The number of phenols is 1. The first-order valence-corrected chi connectivity index (χ1v) is 6.47. The van der Waals surface area contributed by atoms with E-state index < -0.39 is 21.9 Å². The zero-order chi connectivity index (χ0) is 14.8. The van der Waals surface area contributed by atoms with E-state index in [9.17, 15) is 20.0 Å². The Balaban J connectivity index is 0.00000220. The molecule has 116 valence electrons. The minimum atomic E-state index is -0.699. The van der Waals surface area contributed by atoms with Crippen LogP contribution in [0.2, 0.25) is 0 Å². The number of nitro groups is 1. The molecule has 2 rings (SSSR count). The highest BCUT2D eigenvalue weighted by molar-refractivity contribution is 5.95. The Hall–Kier alpha value is -1.86. The van der Waals surface area contributed by atoms with Crippen LogP contribution in [0.5, 0.6) is 5.75 Å². The number of hydrogen-bond acceptors (Lipinski definition) is 5. The Morgan fingerprint density at radius 1 is 1.43 bits per heavy atom. The molecule has 0 aliphatic heterocycles. The standard InChI is InChI=1S/C13H17N3O4.ClH/c14-8-13(5-1-2-6-13)15-12(18)9-3-4-10(16(19)20)11(17)7-9;/h3-4,7,17H,1-2,5-6,8,14H2,(H,15,18);1H. The lowest BCUT2D eigenvalue weighted by molar-refractivity contribution is -0.385. The van der Waals surface area contributed by atoms with Crippen LogP contribution in [-0.2, 0) is 0 Å². The molecular weight excluding hydrogens is 298 g/mol. The SMILES string of the molecule is Cl.NCC1(NC(=O)c2ccc([N+](=O)[O-])c(O)c2)CCCC1. The molecule has 1 aliphatic rings. The van der Waals surface area contributed by atoms with Crippen molar-refractivity contribution in [1.82, 2.24) is 5.32 Å². The molecule has 7 nitrogen and oxygen atoms in total. The van der Waals surface area contributed by atoms with E-state index in [0.717, 1.165) is 37.8 Å². The number of rotatable bonds is 4. The van der Waals surface area contributed by atoms with Crippen LogP contribution in [0.3, 0.4) is 0 Å². The number of nitrogens with one attached hydrogen (secondary N) is 1. The molecule has 0 saturated heterocycles. The summed E-state index contributed by atoms with van der Waals surface area (Å²) in [5.74, 6) is -0.890. The summed E-state index contributed by atoms with van der Waals surface area (Å²) in [6, 6.07) is 3.55. The van der Waals surface area contributed by atoms with E-state index in [4.69, 9.17) is 5.73 Å². The summed E-state index contributed by atoms with van der Waals surface area (Å²) in [5.41, 5.74) is 5.11. The second kappa shape index (κ2) is 6.73. The van der Waals surface area contributed by atoms with E-state index in [0.29, 0.717) is 6.54 Å². The van der Waals surface area contributed by atoms with Crippen molar-refractivity contribution in [1.29, 1.82) is 0 Å². The molecule has 1 saturated carbocycles. The average molecular weight is 316 g/mol. The Labute approximate surface area is 128 Å². The lowest BCUT2D eigenvalue weighted by Gasteiger charge is -2.28. The van der Waals surface area contributed by atoms with Gasteiger partial charge in [0.25, 0.3) is 5.91 Å². The largest absolute Gasteiger partial charge is 0.502 e. The number of amides is 1. The van der Waals surface area contributed by atoms with Gasteiger partial charge in [0.05, 0.1) is 10.5 Å². The van der Waals surface area contributed by atoms with Crippen molar-refractivity contribution < 1.29 is 14.8 Å². The molecule has 0 heterocycles. The zero-order valence-corrected chi connectivity index (χ0v) is 12.2. The van der Waals surface area contributed by atoms with E-state index in [-0.39, 0.29) is 23.9 Å². The molecule has 0 aromatic heterocycles. The zero-order valence-electron chi connectivity index (χ0n) is 11.4. The predicted octanol–water partition coefficient (Wildman–Crippen LogP) is 1.72. The van der Waals surface area contributed by atoms with Crippen LogP contribution < -0.4 is 11.1 Å². The van der Waals surface area contributed by atoms with E-state index in [1.807, 2.05) is 0 Å². The minimum absolute atomic E-state index is 0. The summed E-state index contributed by atoms with van der Waals surface area (Å²) in [6.45, 7) is 0.359. The molecule has 21 heavy (non-hydrogen) atoms. The Kier molecular flexibility index (Phi) is 5.51. The normalized spacial score (nSPS) is 16.0. The Morgan fingerprint density at radius 2 is 2.05 bits per heavy atom. The molecular formula is C13H18ClN3O4. The van der Waals surface area contributed by atoms with E-state index in [1.54, 1.807) is 0 Å². The lowest BCUT2D eigenvalue weighted by Crippen LogP contribution is -2.51. The molecule has 1 aromatic carbocycles. The molecule has 0 unspecified atom stereocenters. The number of halogens is 1. The van der Waals surface area contributed by atoms with Crippen molar-refractivity contribution in [3.05, 3.63) is 33.9 Å². The van der Waals surface area contributed by atoms with E-state index >= 15 is 0 Å². The quantitative estimate of drug-likeness (QED) is 0.577. The van der Waals surface area contributed by atoms with Gasteiger partial charge in [-0.05, 0) is 25.0 Å². The maximum absolute atomic E-state index is 12.2. The van der Waals surface area contributed by atoms with Gasteiger partial charge >= 0.3 is 5.69 Å². The molecule has 1 fully saturated rings. The smallest absolute Gasteiger partial charge is 0.310 e. The molecule has 1 aromatic rings. The fourth-order valence-corrected chi connectivity index (χ4v) is 2.56. The fraction of sp³-hybridized carbons (Fsp3) is 0.462. The monoisotopic (exact) mass is 315 g/mol. The van der Waals surface area contributed by atoms with Crippen molar-refractivity contribution in [3.8, 4) is 5.75 Å². The summed E-state index contributed by atoms with van der Waals surface area (Å²) < 4.78 is 0. The fourth-order valence-electron chi connectivity index (χ4n) is 2.56. The minimum Gasteiger partial charge on any atom is -0.502 e. The topological polar surface area (TPSA) is 118 Å². The molecule has 0 radical (unpaired) electrons. The van der Waals surface area contributed by atoms with Crippen LogP contribution >= 0.6 is 12.4 Å². The van der Waals surface area contributed by atoms with Crippen molar-refractivity contribution in [3.63, 3.8) is 0 Å². The van der Waals surface area contributed by atoms with Gasteiger partial charge in [-0.2, -0.15) is 0 Å². The first-order chi connectivity index (χ1) is 9.47. The molecule has 1 amide bonds. The van der Waals surface area contributed by atoms with Crippen LogP contribution in [0.1, 0.15) is 36.0 Å². The van der Waals surface area contributed by atoms with Gasteiger partial charge in [0.1, 0.15) is 0 Å². The Bertz CT molecular complexity index is 544. The molecule has 0 atom stereocenters. The summed E-state index contributed by atoms with van der Waals surface area (Å²) in [4.78, 5) is 22.1. The third-order valence-corrected chi connectivity index (χ3v) is 3.76. The number of nitrogens with zero attached hydrogens (tertiary/aromatic N) is 1. The summed E-state index contributed by atoms with van der Waals surface area (Å²) in [5, 5.41) is 23.0. The summed E-state index contributed by atoms with van der Waals surface area (Å²) in [6.07, 6.45) is 3.69. The highest BCUT2D eigenvalue weighted by Crippen LogP contribution is 2.30. The van der Waals surface area contributed by atoms with Gasteiger partial charge in [0, 0.05) is 18.2 Å². The molecule has 4 N–H and O–H groups in total. The summed E-state index contributed by atoms with van der Waals surface area (Å²) in [7, 11) is 0. The number of benzene rings is 1. The third kappa shape index (κ3) is 3.62. The van der Waals surface area contributed by atoms with Crippen LogP contribution in [0.25, 0.3) is 0 Å². The highest BCUT2D eigenvalue weighted by atomic mass is 35.5. The van der Waals surface area contributed by atoms with Gasteiger partial charge in [0.2, 0.25) is 0 Å². The van der Waals surface area contributed by atoms with Gasteiger partial charge in [0.15, 0.2) is 5.75 Å². The number of nitrogens with two attached hydrogens (primary N) is 1. The van der Waals surface area contributed by atoms with Crippen molar-refractivity contribution in [2.45, 2.75) is 31.2 Å². The average Bonchev–Trinajstić information content (AvgIpc) is 2.87. The number of hydrogen-bond donors (Lipinski definition) is 3. The number of carbonyl (C=O) groups is 1. The second-order valence-electron chi connectivity index (χ2n) is 5.11. The van der Waals surface area contributed by atoms with E-state index in [2.05, 4.69) is 5.32 Å². The highest BCUT2D eigenvalue weighted by Gasteiger charge is 2.34. The van der Waals surface area contributed by atoms with Crippen LogP contribution in [0.4, 0.5) is 5.69 Å². The molecule has 1 aliphatic carbocycles. The number of phenolic OH excluding ortho intramolecular Hbond substituents is 1. The second-order valence-corrected chi connectivity index (χ2v) is 5.11. The summed E-state index contributed by atoms with van der Waals surface area (Å²) >= 11 is 0. The van der Waals surface area contributed by atoms with Gasteiger partial charge in [-0.1, -0.05) is 12.8 Å². The van der Waals surface area contributed by atoms with Crippen LogP contribution in [0.15, 0.2) is 18.2 Å². The number of nitro benzene ring substituents is 1. The number of aromatic hydroxyl groups is 1. The van der Waals surface area contributed by atoms with Crippen molar-refractivity contribution >= 4 is 24.0 Å². The first-order valence-electron chi connectivity index (χ1n) is 6.47. The maximum atomic E-state index is 12.2.